The molecule has 136 valence electrons. The average Bonchev–Trinajstić information content (AvgIpc) is 3.03. The van der Waals surface area contributed by atoms with Gasteiger partial charge in [-0.1, -0.05) is 6.07 Å². The topological polar surface area (TPSA) is 55.2 Å². The second-order valence-corrected chi connectivity index (χ2v) is 8.42. The van der Waals surface area contributed by atoms with Gasteiger partial charge in [0.2, 0.25) is 0 Å². The number of benzene rings is 1. The van der Waals surface area contributed by atoms with Gasteiger partial charge in [0.15, 0.2) is 16.7 Å². The Hall–Kier alpha value is -1.80. The Labute approximate surface area is 146 Å². The molecule has 0 N–H and O–H groups in total. The molecule has 0 bridgehead atoms. The summed E-state index contributed by atoms with van der Waals surface area (Å²) in [5.41, 5.74) is 0.726. The minimum atomic E-state index is -3.58. The fourth-order valence-electron chi connectivity index (χ4n) is 3.20. The van der Waals surface area contributed by atoms with E-state index in [2.05, 4.69) is 4.98 Å². The Balaban J connectivity index is 1.64. The predicted molar refractivity (Wildman–Crippen MR) is 89.4 cm³/mol. The zero-order valence-electron chi connectivity index (χ0n) is 14.0. The normalized spacial score (nSPS) is 19.2. The van der Waals surface area contributed by atoms with Crippen LogP contribution in [0, 0.1) is 17.6 Å². The van der Waals surface area contributed by atoms with E-state index < -0.39 is 21.7 Å². The number of halogens is 2. The number of hydrogen-bond acceptors (Lipinski definition) is 3. The molecule has 0 radical (unpaired) electrons. The molecule has 0 spiro atoms. The van der Waals surface area contributed by atoms with E-state index in [1.165, 1.54) is 22.9 Å². The van der Waals surface area contributed by atoms with Crippen LogP contribution in [0.4, 0.5) is 8.78 Å². The first-order valence-corrected chi connectivity index (χ1v) is 9.72. The van der Waals surface area contributed by atoms with Gasteiger partial charge < -0.3 is 4.57 Å². The minimum absolute atomic E-state index is 0.0660. The van der Waals surface area contributed by atoms with Crippen molar-refractivity contribution in [2.24, 2.45) is 13.0 Å². The van der Waals surface area contributed by atoms with Crippen LogP contribution in [0.3, 0.4) is 0 Å². The highest BCUT2D eigenvalue weighted by atomic mass is 32.2. The molecule has 2 aromatic rings. The Bertz CT molecular complexity index is 851. The van der Waals surface area contributed by atoms with Crippen LogP contribution in [-0.4, -0.2) is 35.4 Å². The summed E-state index contributed by atoms with van der Waals surface area (Å²) in [6.45, 7) is 0.920. The first-order valence-electron chi connectivity index (χ1n) is 8.28. The van der Waals surface area contributed by atoms with E-state index in [0.717, 1.165) is 30.9 Å². The van der Waals surface area contributed by atoms with Gasteiger partial charge in [0, 0.05) is 26.3 Å². The quantitative estimate of drug-likeness (QED) is 0.814. The molecule has 1 saturated heterocycles. The molecule has 3 rings (SSSR count). The van der Waals surface area contributed by atoms with Crippen LogP contribution in [0.25, 0.3) is 0 Å². The Morgan fingerprint density at radius 2 is 2.08 bits per heavy atom. The molecule has 1 aromatic heterocycles. The molecule has 0 saturated carbocycles. The van der Waals surface area contributed by atoms with Crippen molar-refractivity contribution < 1.29 is 17.2 Å². The molecule has 2 heterocycles. The van der Waals surface area contributed by atoms with E-state index in [1.54, 1.807) is 17.7 Å². The average molecular weight is 369 g/mol. The SMILES string of the molecule is Cn1cnc(S(=O)(=O)N2CCCC(CCc3ccc(F)c(F)c3)C2)c1. The number of rotatable bonds is 5. The molecule has 1 aliphatic heterocycles. The van der Waals surface area contributed by atoms with Gasteiger partial charge in [-0.25, -0.2) is 22.2 Å². The summed E-state index contributed by atoms with van der Waals surface area (Å²) in [5.74, 6) is -1.50. The highest BCUT2D eigenvalue weighted by molar-refractivity contribution is 7.89. The fourth-order valence-corrected chi connectivity index (χ4v) is 4.72. The number of sulfonamides is 1. The van der Waals surface area contributed by atoms with Gasteiger partial charge in [0.1, 0.15) is 0 Å². The maximum absolute atomic E-state index is 13.3. The van der Waals surface area contributed by atoms with E-state index >= 15 is 0 Å². The summed E-state index contributed by atoms with van der Waals surface area (Å²) in [7, 11) is -1.85. The molecule has 5 nitrogen and oxygen atoms in total. The third-order valence-electron chi connectivity index (χ3n) is 4.59. The molecular weight excluding hydrogens is 348 g/mol. The molecule has 0 amide bonds. The van der Waals surface area contributed by atoms with Crippen molar-refractivity contribution in [2.45, 2.75) is 30.7 Å². The molecule has 1 atom stereocenters. The van der Waals surface area contributed by atoms with Crippen molar-refractivity contribution in [2.75, 3.05) is 13.1 Å². The van der Waals surface area contributed by atoms with E-state index in [9.17, 15) is 17.2 Å². The maximum atomic E-state index is 13.3. The number of piperidine rings is 1. The van der Waals surface area contributed by atoms with Gasteiger partial charge in [0.25, 0.3) is 10.0 Å². The van der Waals surface area contributed by atoms with E-state index in [-0.39, 0.29) is 10.9 Å². The monoisotopic (exact) mass is 369 g/mol. The van der Waals surface area contributed by atoms with Crippen LogP contribution >= 0.6 is 0 Å². The zero-order valence-corrected chi connectivity index (χ0v) is 14.8. The predicted octanol–water partition coefficient (Wildman–Crippen LogP) is 2.73. The number of aromatic nitrogens is 2. The van der Waals surface area contributed by atoms with E-state index in [4.69, 9.17) is 0 Å². The lowest BCUT2D eigenvalue weighted by atomic mass is 9.93. The van der Waals surface area contributed by atoms with Crippen LogP contribution in [0.15, 0.2) is 35.7 Å². The summed E-state index contributed by atoms with van der Waals surface area (Å²) in [6, 6.07) is 3.91. The second-order valence-electron chi connectivity index (χ2n) is 6.54. The number of imidazole rings is 1. The summed E-state index contributed by atoms with van der Waals surface area (Å²) >= 11 is 0. The molecule has 1 aliphatic rings. The Morgan fingerprint density at radius 3 is 2.76 bits per heavy atom. The lowest BCUT2D eigenvalue weighted by molar-refractivity contribution is 0.255. The van der Waals surface area contributed by atoms with Crippen molar-refractivity contribution in [3.05, 3.63) is 47.9 Å². The van der Waals surface area contributed by atoms with Crippen molar-refractivity contribution >= 4 is 10.0 Å². The van der Waals surface area contributed by atoms with Crippen molar-refractivity contribution in [3.63, 3.8) is 0 Å². The third-order valence-corrected chi connectivity index (χ3v) is 6.34. The van der Waals surface area contributed by atoms with E-state index in [0.29, 0.717) is 19.5 Å². The summed E-state index contributed by atoms with van der Waals surface area (Å²) < 4.78 is 54.7. The standard InChI is InChI=1S/C17H21F2N3O2S/c1-21-11-17(20-12-21)25(23,24)22-8-2-3-14(10-22)5-4-13-6-7-15(18)16(19)9-13/h6-7,9,11-12,14H,2-5,8,10H2,1H3. The molecule has 1 unspecified atom stereocenters. The van der Waals surface area contributed by atoms with Crippen molar-refractivity contribution in [1.82, 2.24) is 13.9 Å². The Morgan fingerprint density at radius 1 is 1.28 bits per heavy atom. The lowest BCUT2D eigenvalue weighted by Crippen LogP contribution is -2.40. The lowest BCUT2D eigenvalue weighted by Gasteiger charge is -2.31. The van der Waals surface area contributed by atoms with Crippen LogP contribution in [0.2, 0.25) is 0 Å². The minimum Gasteiger partial charge on any atom is -0.339 e. The van der Waals surface area contributed by atoms with Crippen molar-refractivity contribution in [1.29, 1.82) is 0 Å². The summed E-state index contributed by atoms with van der Waals surface area (Å²) in [4.78, 5) is 3.96. The first kappa shape index (κ1) is 18.0. The smallest absolute Gasteiger partial charge is 0.262 e. The van der Waals surface area contributed by atoms with Crippen LogP contribution in [0.1, 0.15) is 24.8 Å². The molecular formula is C17H21F2N3O2S. The van der Waals surface area contributed by atoms with Crippen LogP contribution < -0.4 is 0 Å². The maximum Gasteiger partial charge on any atom is 0.262 e. The summed E-state index contributed by atoms with van der Waals surface area (Å²) in [6.07, 6.45) is 6.02. The molecule has 8 heteroatoms. The number of hydrogen-bond donors (Lipinski definition) is 0. The highest BCUT2D eigenvalue weighted by Gasteiger charge is 2.31. The molecule has 1 fully saturated rings. The highest BCUT2D eigenvalue weighted by Crippen LogP contribution is 2.26. The van der Waals surface area contributed by atoms with Crippen molar-refractivity contribution in [3.8, 4) is 0 Å². The molecule has 25 heavy (non-hydrogen) atoms. The Kier molecular flexibility index (Phi) is 5.19. The van der Waals surface area contributed by atoms with E-state index in [1.807, 2.05) is 0 Å². The second kappa shape index (κ2) is 7.21. The molecule has 0 aliphatic carbocycles. The van der Waals surface area contributed by atoms with Crippen LogP contribution in [0.5, 0.6) is 0 Å². The number of aryl methyl sites for hydroxylation is 2. The van der Waals surface area contributed by atoms with Gasteiger partial charge in [0.05, 0.1) is 6.33 Å². The summed E-state index contributed by atoms with van der Waals surface area (Å²) in [5, 5.41) is 0.0660. The van der Waals surface area contributed by atoms with Gasteiger partial charge in [-0.2, -0.15) is 4.31 Å². The fraction of sp³-hybridized carbons (Fsp3) is 0.471. The largest absolute Gasteiger partial charge is 0.339 e. The molecule has 1 aromatic carbocycles. The number of nitrogens with zero attached hydrogens (tertiary/aromatic N) is 3. The first-order chi connectivity index (χ1) is 11.9. The van der Waals surface area contributed by atoms with Gasteiger partial charge in [-0.15, -0.1) is 0 Å². The van der Waals surface area contributed by atoms with Gasteiger partial charge in [-0.05, 0) is 49.3 Å². The van der Waals surface area contributed by atoms with Gasteiger partial charge >= 0.3 is 0 Å². The zero-order chi connectivity index (χ0) is 18.0. The van der Waals surface area contributed by atoms with Gasteiger partial charge in [-0.3, -0.25) is 0 Å². The third kappa shape index (κ3) is 4.07. The van der Waals surface area contributed by atoms with Crippen LogP contribution in [-0.2, 0) is 23.5 Å².